The first-order chi connectivity index (χ1) is 15.1. The number of carbonyl (C=O) groups excluding carboxylic acids is 1. The fourth-order valence-corrected chi connectivity index (χ4v) is 3.17. The summed E-state index contributed by atoms with van der Waals surface area (Å²) in [5.41, 5.74) is 0. The van der Waals surface area contributed by atoms with Gasteiger partial charge in [0.2, 0.25) is 0 Å². The molecule has 1 unspecified atom stereocenters. The second-order valence-electron chi connectivity index (χ2n) is 7.35. The number of carbonyl (C=O) groups is 2. The minimum absolute atomic E-state index is 0.0377. The van der Waals surface area contributed by atoms with E-state index in [2.05, 4.69) is 4.74 Å². The van der Waals surface area contributed by atoms with Gasteiger partial charge < -0.3 is 9.84 Å². The maximum Gasteiger partial charge on any atom is 0.460 e. The van der Waals surface area contributed by atoms with E-state index in [1.54, 1.807) is 0 Å². The third-order valence-electron chi connectivity index (χ3n) is 5.00. The van der Waals surface area contributed by atoms with Gasteiger partial charge in [-0.3, -0.25) is 0 Å². The highest BCUT2D eigenvalue weighted by Crippen LogP contribution is 2.61. The molecular weight excluding hydrogens is 515 g/mol. The van der Waals surface area contributed by atoms with Gasteiger partial charge in [-0.05, 0) is 12.8 Å². The molecule has 0 bridgehead atoms. The highest BCUT2D eigenvalue weighted by atomic mass is 19.4. The molecule has 0 aromatic carbocycles. The quantitative estimate of drug-likeness (QED) is 0.231. The molecule has 0 saturated heterocycles. The van der Waals surface area contributed by atoms with E-state index in [9.17, 15) is 66.7 Å². The largest absolute Gasteiger partial charge is 0.478 e. The monoisotopic (exact) mass is 530 g/mol. The lowest BCUT2D eigenvalue weighted by atomic mass is 9.79. The number of aliphatic carboxylic acids is 1. The van der Waals surface area contributed by atoms with Gasteiger partial charge in [0.25, 0.3) is 0 Å². The molecule has 0 aromatic rings. The molecule has 198 valence electrons. The molecule has 1 saturated carbocycles. The van der Waals surface area contributed by atoms with Gasteiger partial charge in [0, 0.05) is 18.1 Å². The van der Waals surface area contributed by atoms with Crippen molar-refractivity contribution in [2.45, 2.75) is 74.0 Å². The van der Waals surface area contributed by atoms with Crippen molar-refractivity contribution in [3.63, 3.8) is 0 Å². The summed E-state index contributed by atoms with van der Waals surface area (Å²) in [5, 5.41) is 8.36. The Bertz CT molecular complexity index is 783. The van der Waals surface area contributed by atoms with Crippen LogP contribution in [0.1, 0.15) is 32.1 Å². The van der Waals surface area contributed by atoms with Crippen LogP contribution in [0.4, 0.5) is 57.1 Å². The van der Waals surface area contributed by atoms with Crippen molar-refractivity contribution in [3.05, 3.63) is 12.2 Å². The molecule has 0 spiro atoms. The SMILES string of the molecule is O=C(O)/C=C/C(=O)OC(C1CCCCC1)C(F)(F)C(F)(F)C(F)(F)C(F)(F)C(F)(F)C(F)(F)F. The number of carboxylic acid groups (broad SMARTS) is 1. The number of alkyl halides is 13. The van der Waals surface area contributed by atoms with Crippen molar-refractivity contribution < 1.29 is 76.5 Å². The van der Waals surface area contributed by atoms with E-state index in [0.29, 0.717) is 6.42 Å². The van der Waals surface area contributed by atoms with E-state index in [1.165, 1.54) is 0 Å². The van der Waals surface area contributed by atoms with Crippen molar-refractivity contribution in [3.8, 4) is 0 Å². The molecule has 1 aliphatic rings. The Morgan fingerprint density at radius 3 is 1.56 bits per heavy atom. The van der Waals surface area contributed by atoms with E-state index in [4.69, 9.17) is 5.11 Å². The second kappa shape index (κ2) is 9.43. The zero-order valence-corrected chi connectivity index (χ0v) is 16.4. The van der Waals surface area contributed by atoms with Crippen LogP contribution >= 0.6 is 0 Å². The van der Waals surface area contributed by atoms with Crippen LogP contribution in [-0.4, -0.2) is 58.9 Å². The number of rotatable bonds is 9. The van der Waals surface area contributed by atoms with E-state index < -0.39 is 72.6 Å². The molecule has 34 heavy (non-hydrogen) atoms. The van der Waals surface area contributed by atoms with Crippen molar-refractivity contribution in [2.75, 3.05) is 0 Å². The molecule has 0 aromatic heterocycles. The summed E-state index contributed by atoms with van der Waals surface area (Å²) in [5.74, 6) is -44.1. The van der Waals surface area contributed by atoms with Gasteiger partial charge in [0.05, 0.1) is 0 Å². The fourth-order valence-electron chi connectivity index (χ4n) is 3.17. The Labute approximate surface area is 181 Å². The van der Waals surface area contributed by atoms with Gasteiger partial charge in [-0.2, -0.15) is 57.1 Å². The first-order valence-electron chi connectivity index (χ1n) is 9.13. The maximum atomic E-state index is 14.6. The fraction of sp³-hybridized carbons (Fsp3) is 0.765. The molecule has 0 amide bonds. The standard InChI is InChI=1S/C17H15F13O4/c18-12(19,11(8-4-2-1-3-5-8)34-10(33)7-6-9(31)32)13(20,21)14(22,23)15(24,25)16(26,27)17(28,29)30/h6-8,11H,1-5H2,(H,31,32)/b7-6+. The lowest BCUT2D eigenvalue weighted by Crippen LogP contribution is -2.72. The highest BCUT2D eigenvalue weighted by molar-refractivity contribution is 5.90. The average Bonchev–Trinajstić information content (AvgIpc) is 2.69. The summed E-state index contributed by atoms with van der Waals surface area (Å²) in [4.78, 5) is 21.9. The van der Waals surface area contributed by atoms with Crippen LogP contribution in [0.3, 0.4) is 0 Å². The van der Waals surface area contributed by atoms with Crippen LogP contribution in [0.25, 0.3) is 0 Å². The summed E-state index contributed by atoms with van der Waals surface area (Å²) in [6, 6.07) is 0. The minimum atomic E-state index is -8.07. The minimum Gasteiger partial charge on any atom is -0.478 e. The summed E-state index contributed by atoms with van der Waals surface area (Å²) >= 11 is 0. The number of hydrogen-bond acceptors (Lipinski definition) is 3. The highest BCUT2D eigenvalue weighted by Gasteiger charge is 2.91. The Morgan fingerprint density at radius 2 is 1.15 bits per heavy atom. The summed E-state index contributed by atoms with van der Waals surface area (Å²) in [7, 11) is 0. The van der Waals surface area contributed by atoms with E-state index in [0.717, 1.165) is 0 Å². The van der Waals surface area contributed by atoms with E-state index in [-0.39, 0.29) is 25.0 Å². The van der Waals surface area contributed by atoms with Crippen molar-refractivity contribution in [1.82, 2.24) is 0 Å². The topological polar surface area (TPSA) is 63.6 Å². The Kier molecular flexibility index (Phi) is 8.27. The molecule has 1 atom stereocenters. The number of esters is 1. The van der Waals surface area contributed by atoms with Gasteiger partial charge in [-0.1, -0.05) is 19.3 Å². The zero-order valence-electron chi connectivity index (χ0n) is 16.4. The van der Waals surface area contributed by atoms with E-state index >= 15 is 0 Å². The summed E-state index contributed by atoms with van der Waals surface area (Å²) in [6.07, 6.45) is -12.3. The second-order valence-corrected chi connectivity index (χ2v) is 7.35. The zero-order chi connectivity index (χ0) is 27.0. The summed E-state index contributed by atoms with van der Waals surface area (Å²) < 4.78 is 179. The van der Waals surface area contributed by atoms with Gasteiger partial charge in [-0.15, -0.1) is 0 Å². The van der Waals surface area contributed by atoms with Crippen LogP contribution in [0.15, 0.2) is 12.2 Å². The number of carboxylic acids is 1. The molecule has 1 aliphatic carbocycles. The van der Waals surface area contributed by atoms with Gasteiger partial charge >= 0.3 is 47.7 Å². The smallest absolute Gasteiger partial charge is 0.460 e. The van der Waals surface area contributed by atoms with Crippen LogP contribution in [0.2, 0.25) is 0 Å². The first kappa shape index (κ1) is 29.8. The van der Waals surface area contributed by atoms with Crippen molar-refractivity contribution in [1.29, 1.82) is 0 Å². The lowest BCUT2D eigenvalue weighted by Gasteiger charge is -2.43. The molecule has 0 aliphatic heterocycles. The average molecular weight is 530 g/mol. The predicted molar refractivity (Wildman–Crippen MR) is 84.0 cm³/mol. The molecule has 4 nitrogen and oxygen atoms in total. The van der Waals surface area contributed by atoms with Gasteiger partial charge in [0.1, 0.15) is 0 Å². The molecule has 0 radical (unpaired) electrons. The molecule has 1 rings (SSSR count). The third kappa shape index (κ3) is 5.06. The van der Waals surface area contributed by atoms with Gasteiger partial charge in [0.15, 0.2) is 6.10 Å². The molecular formula is C17H15F13O4. The van der Waals surface area contributed by atoms with Gasteiger partial charge in [-0.25, -0.2) is 9.59 Å². The Balaban J connectivity index is 3.56. The molecule has 1 N–H and O–H groups in total. The molecule has 17 heteroatoms. The number of hydrogen-bond donors (Lipinski definition) is 1. The summed E-state index contributed by atoms with van der Waals surface area (Å²) in [6.45, 7) is 0. The normalized spacial score (nSPS) is 18.7. The van der Waals surface area contributed by atoms with Crippen LogP contribution < -0.4 is 0 Å². The Hall–Kier alpha value is -2.23. The lowest BCUT2D eigenvalue weighted by molar-refractivity contribution is -0.445. The predicted octanol–water partition coefficient (Wildman–Crippen LogP) is 5.86. The first-order valence-corrected chi connectivity index (χ1v) is 9.13. The Morgan fingerprint density at radius 1 is 0.706 bits per heavy atom. The molecule has 1 fully saturated rings. The number of halogens is 13. The maximum absolute atomic E-state index is 14.6. The van der Waals surface area contributed by atoms with Crippen LogP contribution in [0, 0.1) is 5.92 Å². The third-order valence-corrected chi connectivity index (χ3v) is 5.00. The van der Waals surface area contributed by atoms with Crippen molar-refractivity contribution >= 4 is 11.9 Å². The van der Waals surface area contributed by atoms with E-state index in [1.807, 2.05) is 0 Å². The van der Waals surface area contributed by atoms with Crippen LogP contribution in [0.5, 0.6) is 0 Å². The number of ether oxygens (including phenoxy) is 1. The van der Waals surface area contributed by atoms with Crippen LogP contribution in [-0.2, 0) is 14.3 Å². The van der Waals surface area contributed by atoms with Crippen molar-refractivity contribution in [2.24, 2.45) is 5.92 Å². The molecule has 0 heterocycles.